The summed E-state index contributed by atoms with van der Waals surface area (Å²) in [5, 5.41) is 8.92. The predicted molar refractivity (Wildman–Crippen MR) is 132 cm³/mol. The van der Waals surface area contributed by atoms with Crippen LogP contribution in [0.2, 0.25) is 10.0 Å². The molecule has 6 nitrogen and oxygen atoms in total. The van der Waals surface area contributed by atoms with Crippen molar-refractivity contribution in [2.75, 3.05) is 31.5 Å². The SMILES string of the molecule is O=C(Nc1noc2ccccc12)N1CCN(Cc2cccc(-c3ccc(Cl)cc3Cl)c2)CC1. The van der Waals surface area contributed by atoms with Gasteiger partial charge in [-0.2, -0.15) is 0 Å². The lowest BCUT2D eigenvalue weighted by Gasteiger charge is -2.34. The lowest BCUT2D eigenvalue weighted by atomic mass is 10.0. The van der Waals surface area contributed by atoms with Gasteiger partial charge in [0.05, 0.1) is 5.39 Å². The van der Waals surface area contributed by atoms with Crippen molar-refractivity contribution in [1.29, 1.82) is 0 Å². The minimum atomic E-state index is -0.159. The lowest BCUT2D eigenvalue weighted by Crippen LogP contribution is -2.49. The number of aromatic nitrogens is 1. The van der Waals surface area contributed by atoms with Gasteiger partial charge in [0, 0.05) is 48.3 Å². The van der Waals surface area contributed by atoms with E-state index in [1.54, 1.807) is 6.07 Å². The van der Waals surface area contributed by atoms with Gasteiger partial charge in [-0.05, 0) is 41.5 Å². The summed E-state index contributed by atoms with van der Waals surface area (Å²) in [4.78, 5) is 16.9. The van der Waals surface area contributed by atoms with Crippen molar-refractivity contribution < 1.29 is 9.32 Å². The summed E-state index contributed by atoms with van der Waals surface area (Å²) in [6, 6.07) is 21.2. The van der Waals surface area contributed by atoms with E-state index in [9.17, 15) is 4.79 Å². The van der Waals surface area contributed by atoms with Gasteiger partial charge >= 0.3 is 6.03 Å². The minimum absolute atomic E-state index is 0.159. The second kappa shape index (κ2) is 9.43. The summed E-state index contributed by atoms with van der Waals surface area (Å²) >= 11 is 12.4. The average Bonchev–Trinajstić information content (AvgIpc) is 3.22. The number of benzene rings is 3. The van der Waals surface area contributed by atoms with Crippen molar-refractivity contribution in [2.45, 2.75) is 6.54 Å². The van der Waals surface area contributed by atoms with E-state index in [4.69, 9.17) is 27.7 Å². The number of fused-ring (bicyclic) bond motifs is 1. The van der Waals surface area contributed by atoms with Gasteiger partial charge in [-0.15, -0.1) is 0 Å². The molecule has 8 heteroatoms. The topological polar surface area (TPSA) is 61.6 Å². The number of carbonyl (C=O) groups is 1. The van der Waals surface area contributed by atoms with Crippen LogP contribution in [0.15, 0.2) is 71.3 Å². The van der Waals surface area contributed by atoms with Crippen LogP contribution in [-0.2, 0) is 6.54 Å². The fourth-order valence-corrected chi connectivity index (χ4v) is 4.60. The highest BCUT2D eigenvalue weighted by atomic mass is 35.5. The smallest absolute Gasteiger partial charge is 0.323 e. The maximum atomic E-state index is 12.7. The number of amides is 2. The van der Waals surface area contributed by atoms with E-state index in [0.717, 1.165) is 36.1 Å². The lowest BCUT2D eigenvalue weighted by molar-refractivity contribution is 0.143. The molecule has 3 aromatic carbocycles. The highest BCUT2D eigenvalue weighted by Crippen LogP contribution is 2.31. The molecule has 0 radical (unpaired) electrons. The summed E-state index contributed by atoms with van der Waals surface area (Å²) in [5.74, 6) is 0.454. The number of nitrogens with one attached hydrogen (secondary N) is 1. The van der Waals surface area contributed by atoms with Gasteiger partial charge in [0.1, 0.15) is 0 Å². The fourth-order valence-electron chi connectivity index (χ4n) is 4.08. The molecule has 33 heavy (non-hydrogen) atoms. The molecule has 4 aromatic rings. The van der Waals surface area contributed by atoms with Crippen LogP contribution in [0.4, 0.5) is 10.6 Å². The average molecular weight is 481 g/mol. The number of rotatable bonds is 4. The Balaban J connectivity index is 1.19. The molecule has 2 amide bonds. The fraction of sp³-hybridized carbons (Fsp3) is 0.200. The monoisotopic (exact) mass is 480 g/mol. The van der Waals surface area contributed by atoms with E-state index >= 15 is 0 Å². The summed E-state index contributed by atoms with van der Waals surface area (Å²) in [6.45, 7) is 3.68. The first-order chi connectivity index (χ1) is 16.1. The summed E-state index contributed by atoms with van der Waals surface area (Å²) < 4.78 is 5.27. The highest BCUT2D eigenvalue weighted by molar-refractivity contribution is 6.36. The Morgan fingerprint density at radius 1 is 0.970 bits per heavy atom. The van der Waals surface area contributed by atoms with Crippen LogP contribution in [0.1, 0.15) is 5.56 Å². The third-order valence-corrected chi connectivity index (χ3v) is 6.39. The van der Waals surface area contributed by atoms with E-state index in [1.165, 1.54) is 5.56 Å². The van der Waals surface area contributed by atoms with Crippen molar-refractivity contribution in [2.24, 2.45) is 0 Å². The van der Waals surface area contributed by atoms with Crippen LogP contribution < -0.4 is 5.32 Å². The second-order valence-corrected chi connectivity index (χ2v) is 8.89. The number of hydrogen-bond donors (Lipinski definition) is 1. The molecule has 5 rings (SSSR count). The number of halogens is 2. The molecule has 0 atom stereocenters. The minimum Gasteiger partial charge on any atom is -0.354 e. The zero-order valence-electron chi connectivity index (χ0n) is 17.8. The molecular weight excluding hydrogens is 459 g/mol. The zero-order valence-corrected chi connectivity index (χ0v) is 19.3. The molecule has 1 aliphatic rings. The Bertz CT molecular complexity index is 1300. The Kier molecular flexibility index (Phi) is 6.22. The standard InChI is InChI=1S/C25H22Cl2N4O2/c26-19-8-9-20(22(27)15-19)18-5-3-4-17(14-18)16-30-10-12-31(13-11-30)25(32)28-24-21-6-1-2-7-23(21)33-29-24/h1-9,14-15H,10-13,16H2,(H,28,29,32). The molecule has 1 N–H and O–H groups in total. The zero-order chi connectivity index (χ0) is 22.8. The van der Waals surface area contributed by atoms with Crippen LogP contribution in [0.3, 0.4) is 0 Å². The molecule has 1 saturated heterocycles. The van der Waals surface area contributed by atoms with E-state index in [2.05, 4.69) is 33.6 Å². The predicted octanol–water partition coefficient (Wildman–Crippen LogP) is 6.15. The molecule has 0 saturated carbocycles. The van der Waals surface area contributed by atoms with Crippen LogP contribution in [0.5, 0.6) is 0 Å². The molecule has 1 aliphatic heterocycles. The Hall–Kier alpha value is -3.06. The van der Waals surface area contributed by atoms with E-state index in [-0.39, 0.29) is 6.03 Å². The van der Waals surface area contributed by atoms with E-state index in [0.29, 0.717) is 34.5 Å². The first-order valence-corrected chi connectivity index (χ1v) is 11.5. The van der Waals surface area contributed by atoms with E-state index in [1.807, 2.05) is 47.4 Å². The van der Waals surface area contributed by atoms with Crippen molar-refractivity contribution in [1.82, 2.24) is 15.0 Å². The number of carbonyl (C=O) groups excluding carboxylic acids is 1. The van der Waals surface area contributed by atoms with Gasteiger partial charge in [0.25, 0.3) is 0 Å². The van der Waals surface area contributed by atoms with E-state index < -0.39 is 0 Å². The van der Waals surface area contributed by atoms with Gasteiger partial charge in [-0.25, -0.2) is 4.79 Å². The van der Waals surface area contributed by atoms with Crippen molar-refractivity contribution in [3.63, 3.8) is 0 Å². The number of anilines is 1. The van der Waals surface area contributed by atoms with Gasteiger partial charge in [0.15, 0.2) is 11.4 Å². The Labute approximate surface area is 201 Å². The van der Waals surface area contributed by atoms with Crippen LogP contribution in [-0.4, -0.2) is 47.2 Å². The van der Waals surface area contributed by atoms with Crippen LogP contribution >= 0.6 is 23.2 Å². The molecular formula is C25H22Cl2N4O2. The molecule has 0 bridgehead atoms. The number of hydrogen-bond acceptors (Lipinski definition) is 4. The Morgan fingerprint density at radius 3 is 2.61 bits per heavy atom. The van der Waals surface area contributed by atoms with Crippen LogP contribution in [0.25, 0.3) is 22.1 Å². The molecule has 1 aromatic heterocycles. The summed E-state index contributed by atoms with van der Waals surface area (Å²) in [5.41, 5.74) is 3.88. The van der Waals surface area contributed by atoms with Gasteiger partial charge < -0.3 is 9.42 Å². The van der Waals surface area contributed by atoms with Gasteiger partial charge in [-0.3, -0.25) is 10.2 Å². The summed E-state index contributed by atoms with van der Waals surface area (Å²) in [6.07, 6.45) is 0. The molecule has 0 spiro atoms. The Morgan fingerprint density at radius 2 is 1.79 bits per heavy atom. The number of nitrogens with zero attached hydrogens (tertiary/aromatic N) is 3. The number of urea groups is 1. The third kappa shape index (κ3) is 4.83. The second-order valence-electron chi connectivity index (χ2n) is 8.05. The summed E-state index contributed by atoms with van der Waals surface area (Å²) in [7, 11) is 0. The highest BCUT2D eigenvalue weighted by Gasteiger charge is 2.22. The van der Waals surface area contributed by atoms with Crippen molar-refractivity contribution >= 4 is 46.0 Å². The number of para-hydroxylation sites is 1. The molecule has 1 fully saturated rings. The van der Waals surface area contributed by atoms with Crippen LogP contribution in [0, 0.1) is 0 Å². The largest absolute Gasteiger partial charge is 0.354 e. The quantitative estimate of drug-likeness (QED) is 0.380. The molecule has 0 aliphatic carbocycles. The first kappa shape index (κ1) is 21.8. The molecule has 0 unspecified atom stereocenters. The maximum absolute atomic E-state index is 12.7. The van der Waals surface area contributed by atoms with Crippen molar-refractivity contribution in [3.05, 3.63) is 82.3 Å². The van der Waals surface area contributed by atoms with Gasteiger partial charge in [-0.1, -0.05) is 64.8 Å². The normalized spacial score (nSPS) is 14.5. The van der Waals surface area contributed by atoms with Gasteiger partial charge in [0.2, 0.25) is 0 Å². The van der Waals surface area contributed by atoms with Crippen molar-refractivity contribution in [3.8, 4) is 11.1 Å². The first-order valence-electron chi connectivity index (χ1n) is 10.7. The third-order valence-electron chi connectivity index (χ3n) is 5.84. The number of piperazine rings is 1. The molecule has 168 valence electrons. The maximum Gasteiger partial charge on any atom is 0.323 e. The molecule has 2 heterocycles.